The van der Waals surface area contributed by atoms with Crippen molar-refractivity contribution < 1.29 is 9.47 Å². The Morgan fingerprint density at radius 3 is 2.38 bits per heavy atom. The van der Waals surface area contributed by atoms with Gasteiger partial charge in [0.15, 0.2) is 0 Å². The molecule has 0 saturated carbocycles. The highest BCUT2D eigenvalue weighted by molar-refractivity contribution is 6.30. The summed E-state index contributed by atoms with van der Waals surface area (Å²) in [5, 5.41) is 4.24. The fourth-order valence-electron chi connectivity index (χ4n) is 2.57. The van der Waals surface area contributed by atoms with Crippen LogP contribution in [0.1, 0.15) is 46.2 Å². The smallest absolute Gasteiger partial charge is 0.123 e. The van der Waals surface area contributed by atoms with E-state index in [-0.39, 0.29) is 17.6 Å². The van der Waals surface area contributed by atoms with E-state index in [4.69, 9.17) is 21.1 Å². The van der Waals surface area contributed by atoms with Gasteiger partial charge in [0.05, 0.1) is 19.3 Å². The van der Waals surface area contributed by atoms with Crippen LogP contribution in [0.2, 0.25) is 5.02 Å². The highest BCUT2D eigenvalue weighted by Gasteiger charge is 2.35. The predicted octanol–water partition coefficient (Wildman–Crippen LogP) is 4.45. The third-order valence-electron chi connectivity index (χ3n) is 3.45. The van der Waals surface area contributed by atoms with Crippen molar-refractivity contribution in [2.45, 2.75) is 46.8 Å². The summed E-state index contributed by atoms with van der Waals surface area (Å²) in [5.41, 5.74) is 1.04. The highest BCUT2D eigenvalue weighted by atomic mass is 35.5. The zero-order valence-corrected chi connectivity index (χ0v) is 14.8. The molecule has 3 nitrogen and oxygen atoms in total. The summed E-state index contributed by atoms with van der Waals surface area (Å²) in [6.45, 7) is 12.2. The van der Waals surface area contributed by atoms with Crippen LogP contribution in [0, 0.1) is 5.41 Å². The molecule has 2 atom stereocenters. The zero-order valence-electron chi connectivity index (χ0n) is 14.0. The fraction of sp³-hybridized carbons (Fsp3) is 0.647. The molecule has 0 fully saturated rings. The average Bonchev–Trinajstić information content (AvgIpc) is 2.41. The molecule has 0 saturated heterocycles. The highest BCUT2D eigenvalue weighted by Crippen LogP contribution is 2.37. The number of benzene rings is 1. The molecule has 0 aliphatic heterocycles. The Labute approximate surface area is 134 Å². The van der Waals surface area contributed by atoms with E-state index in [9.17, 15) is 0 Å². The first-order valence-corrected chi connectivity index (χ1v) is 7.91. The van der Waals surface area contributed by atoms with Gasteiger partial charge in [-0.05, 0) is 37.1 Å². The Bertz CT molecular complexity index is 443. The topological polar surface area (TPSA) is 30.5 Å². The molecule has 0 aliphatic carbocycles. The summed E-state index contributed by atoms with van der Waals surface area (Å²) in [6, 6.07) is 5.75. The lowest BCUT2D eigenvalue weighted by atomic mass is 9.81. The van der Waals surface area contributed by atoms with Gasteiger partial charge in [-0.1, -0.05) is 39.3 Å². The first kappa shape index (κ1) is 18.3. The zero-order chi connectivity index (χ0) is 16.0. The maximum atomic E-state index is 6.19. The number of ether oxygens (including phenoxy) is 2. The molecule has 2 unspecified atom stereocenters. The van der Waals surface area contributed by atoms with Gasteiger partial charge in [0.2, 0.25) is 0 Å². The predicted molar refractivity (Wildman–Crippen MR) is 89.3 cm³/mol. The molecule has 21 heavy (non-hydrogen) atoms. The van der Waals surface area contributed by atoms with Gasteiger partial charge in [-0.25, -0.2) is 0 Å². The number of halogens is 1. The van der Waals surface area contributed by atoms with E-state index in [1.54, 1.807) is 7.11 Å². The van der Waals surface area contributed by atoms with Crippen molar-refractivity contribution in [1.29, 1.82) is 0 Å². The molecule has 0 spiro atoms. The minimum absolute atomic E-state index is 0.00379. The number of hydrogen-bond acceptors (Lipinski definition) is 3. The maximum Gasteiger partial charge on any atom is 0.123 e. The second-order valence-corrected chi connectivity index (χ2v) is 6.60. The molecule has 0 aliphatic rings. The van der Waals surface area contributed by atoms with Crippen LogP contribution in [0.5, 0.6) is 5.75 Å². The summed E-state index contributed by atoms with van der Waals surface area (Å²) in [6.07, 6.45) is 0.0230. The summed E-state index contributed by atoms with van der Waals surface area (Å²) in [7, 11) is 1.68. The third-order valence-corrected chi connectivity index (χ3v) is 3.69. The Hall–Kier alpha value is -0.770. The minimum Gasteiger partial charge on any atom is -0.496 e. The standard InChI is InChI=1S/C17H28ClNO2/c1-7-19-15(16(21-8-2)17(3,4)5)13-11-12(18)9-10-14(13)20-6/h9-11,15-16,19H,7-8H2,1-6H3. The molecule has 1 aromatic rings. The largest absolute Gasteiger partial charge is 0.496 e. The van der Waals surface area contributed by atoms with E-state index in [0.29, 0.717) is 11.6 Å². The van der Waals surface area contributed by atoms with Crippen molar-refractivity contribution in [3.63, 3.8) is 0 Å². The van der Waals surface area contributed by atoms with Crippen LogP contribution >= 0.6 is 11.6 Å². The SMILES string of the molecule is CCNC(c1cc(Cl)ccc1OC)C(OCC)C(C)(C)C. The number of nitrogens with one attached hydrogen (secondary N) is 1. The van der Waals surface area contributed by atoms with Crippen LogP contribution in [0.4, 0.5) is 0 Å². The van der Waals surface area contributed by atoms with Crippen molar-refractivity contribution in [2.24, 2.45) is 5.41 Å². The van der Waals surface area contributed by atoms with Gasteiger partial charge in [-0.3, -0.25) is 0 Å². The molecule has 0 bridgehead atoms. The van der Waals surface area contributed by atoms with Crippen molar-refractivity contribution in [3.05, 3.63) is 28.8 Å². The van der Waals surface area contributed by atoms with Gasteiger partial charge in [-0.2, -0.15) is 0 Å². The van der Waals surface area contributed by atoms with E-state index in [1.807, 2.05) is 25.1 Å². The lowest BCUT2D eigenvalue weighted by molar-refractivity contribution is -0.0366. The van der Waals surface area contributed by atoms with Crippen LogP contribution in [0.25, 0.3) is 0 Å². The van der Waals surface area contributed by atoms with E-state index in [2.05, 4.69) is 33.0 Å². The molecule has 0 amide bonds. The Morgan fingerprint density at radius 1 is 1.24 bits per heavy atom. The quantitative estimate of drug-likeness (QED) is 0.806. The van der Waals surface area contributed by atoms with Gasteiger partial charge in [-0.15, -0.1) is 0 Å². The van der Waals surface area contributed by atoms with Crippen molar-refractivity contribution in [1.82, 2.24) is 5.32 Å². The molecule has 0 heterocycles. The van der Waals surface area contributed by atoms with Crippen LogP contribution in [0.15, 0.2) is 18.2 Å². The van der Waals surface area contributed by atoms with Gasteiger partial charge < -0.3 is 14.8 Å². The van der Waals surface area contributed by atoms with Crippen molar-refractivity contribution in [3.8, 4) is 5.75 Å². The van der Waals surface area contributed by atoms with Crippen LogP contribution in [-0.4, -0.2) is 26.4 Å². The molecule has 4 heteroatoms. The Morgan fingerprint density at radius 2 is 1.90 bits per heavy atom. The molecule has 0 radical (unpaired) electrons. The average molecular weight is 314 g/mol. The lowest BCUT2D eigenvalue weighted by Crippen LogP contribution is -2.42. The molecule has 1 rings (SSSR count). The van der Waals surface area contributed by atoms with Gasteiger partial charge in [0.25, 0.3) is 0 Å². The molecule has 1 aromatic carbocycles. The van der Waals surface area contributed by atoms with E-state index in [0.717, 1.165) is 17.9 Å². The molecule has 0 aromatic heterocycles. The second-order valence-electron chi connectivity index (χ2n) is 6.16. The minimum atomic E-state index is -0.00379. The van der Waals surface area contributed by atoms with Crippen LogP contribution in [-0.2, 0) is 4.74 Å². The Kier molecular flexibility index (Phi) is 6.98. The van der Waals surface area contributed by atoms with Crippen LogP contribution < -0.4 is 10.1 Å². The molecule has 1 N–H and O–H groups in total. The summed E-state index contributed by atoms with van der Waals surface area (Å²) in [4.78, 5) is 0. The number of hydrogen-bond donors (Lipinski definition) is 1. The second kappa shape index (κ2) is 8.02. The fourth-order valence-corrected chi connectivity index (χ4v) is 2.75. The normalized spacial score (nSPS) is 14.8. The molecular formula is C17H28ClNO2. The molecule has 120 valence electrons. The van der Waals surface area contributed by atoms with E-state index < -0.39 is 0 Å². The third kappa shape index (κ3) is 4.87. The first-order chi connectivity index (χ1) is 9.85. The summed E-state index contributed by atoms with van der Waals surface area (Å²) in [5.74, 6) is 0.833. The first-order valence-electron chi connectivity index (χ1n) is 7.53. The van der Waals surface area contributed by atoms with Gasteiger partial charge >= 0.3 is 0 Å². The number of methoxy groups -OCH3 is 1. The Balaban J connectivity index is 3.29. The molecular weight excluding hydrogens is 286 g/mol. The van der Waals surface area contributed by atoms with Crippen molar-refractivity contribution in [2.75, 3.05) is 20.3 Å². The van der Waals surface area contributed by atoms with E-state index in [1.165, 1.54) is 0 Å². The van der Waals surface area contributed by atoms with Gasteiger partial charge in [0.1, 0.15) is 5.75 Å². The van der Waals surface area contributed by atoms with Gasteiger partial charge in [0, 0.05) is 17.2 Å². The van der Waals surface area contributed by atoms with E-state index >= 15 is 0 Å². The van der Waals surface area contributed by atoms with Crippen molar-refractivity contribution >= 4 is 11.6 Å². The summed E-state index contributed by atoms with van der Waals surface area (Å²) < 4.78 is 11.6. The van der Waals surface area contributed by atoms with Crippen LogP contribution in [0.3, 0.4) is 0 Å². The maximum absolute atomic E-state index is 6.19. The number of likely N-dealkylation sites (N-methyl/N-ethyl adjacent to an activating group) is 1. The lowest BCUT2D eigenvalue weighted by Gasteiger charge is -2.38. The monoisotopic (exact) mass is 313 g/mol. The summed E-state index contributed by atoms with van der Waals surface area (Å²) >= 11 is 6.19. The number of rotatable bonds is 7.